The lowest BCUT2D eigenvalue weighted by atomic mass is 9.94. The number of methoxy groups -OCH3 is 1. The number of likely N-dealkylation sites (tertiary alicyclic amines) is 1. The third-order valence-electron chi connectivity index (χ3n) is 10.2. The number of aromatic amines is 1. The summed E-state index contributed by atoms with van der Waals surface area (Å²) in [5.74, 6) is 0.475. The largest absolute Gasteiger partial charge is 0.453 e. The fourth-order valence-corrected chi connectivity index (χ4v) is 7.10. The summed E-state index contributed by atoms with van der Waals surface area (Å²) in [6, 6.07) is 22.6. The van der Waals surface area contributed by atoms with Crippen LogP contribution in [0.5, 0.6) is 0 Å². The predicted octanol–water partition coefficient (Wildman–Crippen LogP) is 6.73. The van der Waals surface area contributed by atoms with Gasteiger partial charge < -0.3 is 35.1 Å². The molecule has 284 valence electrons. The van der Waals surface area contributed by atoms with E-state index in [1.54, 1.807) is 11.1 Å². The molecule has 12 nitrogen and oxygen atoms in total. The van der Waals surface area contributed by atoms with Gasteiger partial charge in [0.1, 0.15) is 11.9 Å². The molecule has 4 amide bonds. The average Bonchev–Trinajstić information content (AvgIpc) is 3.87. The van der Waals surface area contributed by atoms with Gasteiger partial charge in [-0.05, 0) is 71.8 Å². The smallest absolute Gasteiger partial charge is 0.407 e. The molecule has 2 unspecified atom stereocenters. The van der Waals surface area contributed by atoms with Crippen LogP contribution in [0.4, 0.5) is 16.2 Å². The summed E-state index contributed by atoms with van der Waals surface area (Å²) in [4.78, 5) is 65.2. The Kier molecular flexibility index (Phi) is 11.4. The van der Waals surface area contributed by atoms with Gasteiger partial charge >= 0.3 is 6.09 Å². The van der Waals surface area contributed by atoms with E-state index >= 15 is 0 Å². The first-order valence-electron chi connectivity index (χ1n) is 18.7. The summed E-state index contributed by atoms with van der Waals surface area (Å²) in [5.41, 5.74) is 5.79. The Balaban J connectivity index is 1.03. The van der Waals surface area contributed by atoms with Gasteiger partial charge in [-0.3, -0.25) is 14.4 Å². The minimum Gasteiger partial charge on any atom is -0.453 e. The molecule has 54 heavy (non-hydrogen) atoms. The van der Waals surface area contributed by atoms with Crippen molar-refractivity contribution < 1.29 is 23.9 Å². The number of benzene rings is 3. The van der Waals surface area contributed by atoms with E-state index < -0.39 is 12.1 Å². The number of nitrogens with zero attached hydrogens (tertiary/aromatic N) is 4. The van der Waals surface area contributed by atoms with Crippen molar-refractivity contribution in [3.05, 3.63) is 90.4 Å². The van der Waals surface area contributed by atoms with E-state index in [-0.39, 0.29) is 35.1 Å². The molecule has 4 aromatic rings. The van der Waals surface area contributed by atoms with Gasteiger partial charge in [0.2, 0.25) is 11.8 Å². The molecule has 3 heterocycles. The fraction of sp³-hybridized carbons (Fsp3) is 0.405. The molecule has 0 spiro atoms. The molecule has 1 aromatic heterocycles. The zero-order valence-corrected chi connectivity index (χ0v) is 32.0. The lowest BCUT2D eigenvalue weighted by Crippen LogP contribution is -2.51. The monoisotopic (exact) mass is 733 g/mol. The van der Waals surface area contributed by atoms with Crippen molar-refractivity contribution in [2.24, 2.45) is 11.3 Å². The standard InChI is InChI=1S/C42H51N7O5/c1-27(2)36(46-41(53)54-6)39(51)49-21-7-8-35(49)37-43-26-34(45-37)30-11-9-28(10-12-30)29-13-17-32(18-14-29)44-38(50)31-15-19-33(20-16-31)47-22-24-48(25-23-47)40(52)42(3,4)5/h9-20,26-27,35-36H,7-8,21-25H2,1-6H3,(H,43,45)(H,44,50)(H,46,53). The first kappa shape index (κ1) is 38.1. The van der Waals surface area contributed by atoms with Crippen LogP contribution in [-0.2, 0) is 14.3 Å². The molecular weight excluding hydrogens is 683 g/mol. The molecule has 3 N–H and O–H groups in total. The normalized spacial score (nSPS) is 16.6. The summed E-state index contributed by atoms with van der Waals surface area (Å²) in [6.45, 7) is 13.1. The third kappa shape index (κ3) is 8.59. The summed E-state index contributed by atoms with van der Waals surface area (Å²) < 4.78 is 4.75. The predicted molar refractivity (Wildman–Crippen MR) is 210 cm³/mol. The van der Waals surface area contributed by atoms with E-state index in [2.05, 4.69) is 25.5 Å². The van der Waals surface area contributed by atoms with E-state index in [4.69, 9.17) is 4.74 Å². The zero-order valence-electron chi connectivity index (χ0n) is 32.0. The number of imidazole rings is 1. The number of piperazine rings is 1. The number of nitrogens with one attached hydrogen (secondary N) is 3. The summed E-state index contributed by atoms with van der Waals surface area (Å²) in [7, 11) is 1.29. The topological polar surface area (TPSA) is 140 Å². The van der Waals surface area contributed by atoms with Crippen LogP contribution in [0, 0.1) is 11.3 Å². The highest BCUT2D eigenvalue weighted by atomic mass is 16.5. The minimum atomic E-state index is -0.686. The van der Waals surface area contributed by atoms with Crippen LogP contribution in [-0.4, -0.2) is 89.5 Å². The molecule has 2 saturated heterocycles. The molecule has 0 bridgehead atoms. The molecule has 2 fully saturated rings. The summed E-state index contributed by atoms with van der Waals surface area (Å²) in [6.07, 6.45) is 2.80. The fourth-order valence-electron chi connectivity index (χ4n) is 7.10. The number of aromatic nitrogens is 2. The first-order valence-corrected chi connectivity index (χ1v) is 18.7. The second-order valence-electron chi connectivity index (χ2n) is 15.4. The van der Waals surface area contributed by atoms with Crippen molar-refractivity contribution in [2.75, 3.05) is 50.1 Å². The van der Waals surface area contributed by atoms with Crippen LogP contribution >= 0.6 is 0 Å². The van der Waals surface area contributed by atoms with Crippen molar-refractivity contribution in [1.29, 1.82) is 0 Å². The number of rotatable bonds is 9. The van der Waals surface area contributed by atoms with Gasteiger partial charge in [0.05, 0.1) is 25.0 Å². The van der Waals surface area contributed by atoms with Crippen LogP contribution < -0.4 is 15.5 Å². The van der Waals surface area contributed by atoms with Crippen molar-refractivity contribution in [2.45, 2.75) is 59.5 Å². The van der Waals surface area contributed by atoms with Crippen LogP contribution in [0.3, 0.4) is 0 Å². The van der Waals surface area contributed by atoms with Crippen LogP contribution in [0.25, 0.3) is 22.4 Å². The van der Waals surface area contributed by atoms with Crippen LogP contribution in [0.2, 0.25) is 0 Å². The number of hydrogen-bond acceptors (Lipinski definition) is 7. The Morgan fingerprint density at radius 2 is 1.44 bits per heavy atom. The number of carbonyl (C=O) groups is 4. The Morgan fingerprint density at radius 3 is 2.04 bits per heavy atom. The SMILES string of the molecule is COC(=O)NC(C(=O)N1CCCC1c1ncc(-c2ccc(-c3ccc(NC(=O)c4ccc(N5CCN(C(=O)C(C)(C)C)CC5)cc4)cc3)cc2)[nH]1)C(C)C. The average molecular weight is 734 g/mol. The number of amides is 4. The van der Waals surface area contributed by atoms with Gasteiger partial charge in [0.25, 0.3) is 5.91 Å². The van der Waals surface area contributed by atoms with Gasteiger partial charge in [-0.25, -0.2) is 9.78 Å². The highest BCUT2D eigenvalue weighted by Gasteiger charge is 2.37. The zero-order chi connectivity index (χ0) is 38.6. The second kappa shape index (κ2) is 16.2. The molecular formula is C42H51N7O5. The lowest BCUT2D eigenvalue weighted by Gasteiger charge is -2.38. The molecule has 6 rings (SSSR count). The highest BCUT2D eigenvalue weighted by molar-refractivity contribution is 6.04. The van der Waals surface area contributed by atoms with Crippen molar-refractivity contribution in [3.8, 4) is 22.4 Å². The molecule has 2 aliphatic heterocycles. The molecule has 2 atom stereocenters. The maximum atomic E-state index is 13.5. The van der Waals surface area contributed by atoms with Gasteiger partial charge in [0, 0.05) is 55.1 Å². The number of alkyl carbamates (subject to hydrolysis) is 1. The maximum Gasteiger partial charge on any atom is 0.407 e. The Hall–Kier alpha value is -5.65. The highest BCUT2D eigenvalue weighted by Crippen LogP contribution is 2.33. The maximum absolute atomic E-state index is 13.5. The van der Waals surface area contributed by atoms with E-state index in [9.17, 15) is 19.2 Å². The van der Waals surface area contributed by atoms with Gasteiger partial charge in [-0.1, -0.05) is 71.0 Å². The molecule has 0 saturated carbocycles. The van der Waals surface area contributed by atoms with Crippen molar-refractivity contribution >= 4 is 35.2 Å². The van der Waals surface area contributed by atoms with E-state index in [1.165, 1.54) is 7.11 Å². The van der Waals surface area contributed by atoms with E-state index in [1.807, 2.05) is 112 Å². The minimum absolute atomic E-state index is 0.103. The van der Waals surface area contributed by atoms with E-state index in [0.717, 1.165) is 59.8 Å². The quantitative estimate of drug-likeness (QED) is 0.173. The number of H-pyrrole nitrogens is 1. The molecule has 3 aromatic carbocycles. The molecule has 0 radical (unpaired) electrons. The van der Waals surface area contributed by atoms with Crippen molar-refractivity contribution in [1.82, 2.24) is 25.1 Å². The Bertz CT molecular complexity index is 1940. The molecule has 0 aliphatic carbocycles. The van der Waals surface area contributed by atoms with Gasteiger partial charge in [-0.15, -0.1) is 0 Å². The molecule has 12 heteroatoms. The Labute approximate surface area is 317 Å². The third-order valence-corrected chi connectivity index (χ3v) is 10.2. The second-order valence-corrected chi connectivity index (χ2v) is 15.4. The number of hydrogen-bond donors (Lipinski definition) is 3. The van der Waals surface area contributed by atoms with Crippen LogP contribution in [0.1, 0.15) is 69.7 Å². The van der Waals surface area contributed by atoms with Crippen molar-refractivity contribution in [3.63, 3.8) is 0 Å². The summed E-state index contributed by atoms with van der Waals surface area (Å²) in [5, 5.41) is 5.69. The lowest BCUT2D eigenvalue weighted by molar-refractivity contribution is -0.139. The Morgan fingerprint density at radius 1 is 0.833 bits per heavy atom. The number of anilines is 2. The first-order chi connectivity index (χ1) is 25.8. The van der Waals surface area contributed by atoms with Gasteiger partial charge in [0.15, 0.2) is 0 Å². The number of ether oxygens (including phenoxy) is 1. The molecule has 2 aliphatic rings. The van der Waals surface area contributed by atoms with Gasteiger partial charge in [-0.2, -0.15) is 0 Å². The number of carbonyl (C=O) groups excluding carboxylic acids is 4. The summed E-state index contributed by atoms with van der Waals surface area (Å²) >= 11 is 0. The van der Waals surface area contributed by atoms with Crippen LogP contribution in [0.15, 0.2) is 79.0 Å². The van der Waals surface area contributed by atoms with E-state index in [0.29, 0.717) is 30.9 Å².